The minimum Gasteiger partial charge on any atom is -0.481 e. The largest absolute Gasteiger partial charge is 0.509 e. The van der Waals surface area contributed by atoms with E-state index in [1.807, 2.05) is 6.07 Å². The number of carbonyl (C=O) groups excluding carboxylic acids is 2. The fraction of sp³-hybridized carbons (Fsp3) is 0.444. The summed E-state index contributed by atoms with van der Waals surface area (Å²) < 4.78 is 43.6. The van der Waals surface area contributed by atoms with Crippen LogP contribution < -0.4 is 20.1 Å². The van der Waals surface area contributed by atoms with Crippen molar-refractivity contribution in [1.29, 1.82) is 0 Å². The lowest BCUT2D eigenvalue weighted by molar-refractivity contribution is -0.209. The minimum atomic E-state index is -1.06. The lowest BCUT2D eigenvalue weighted by Crippen LogP contribution is -2.65. The summed E-state index contributed by atoms with van der Waals surface area (Å²) in [5.74, 6) is 0.344. The molecule has 1 saturated carbocycles. The molecule has 40 heavy (non-hydrogen) atoms. The normalized spacial score (nSPS) is 28.9. The van der Waals surface area contributed by atoms with Gasteiger partial charge in [-0.05, 0) is 43.9 Å². The number of hydrogen-bond acceptors (Lipinski definition) is 11. The van der Waals surface area contributed by atoms with E-state index >= 15 is 4.39 Å². The molecule has 12 nitrogen and oxygen atoms in total. The highest BCUT2D eigenvalue weighted by Crippen LogP contribution is 2.52. The quantitative estimate of drug-likeness (QED) is 0.437. The van der Waals surface area contributed by atoms with E-state index in [2.05, 4.69) is 25.6 Å². The SMILES string of the molecule is COc1ccc2ncc(F)c([C@@H]3OC(=O)O[C@H]3C34CCC(NCc5ccc6c(n5)NC(=O)CO6)(CC3)CO4)c2n1. The van der Waals surface area contributed by atoms with Crippen molar-refractivity contribution in [2.45, 2.75) is 55.6 Å². The Balaban J connectivity index is 1.10. The number of methoxy groups -OCH3 is 1. The van der Waals surface area contributed by atoms with Crippen molar-refractivity contribution in [3.63, 3.8) is 0 Å². The Morgan fingerprint density at radius 2 is 1.98 bits per heavy atom. The van der Waals surface area contributed by atoms with Gasteiger partial charge in [0.1, 0.15) is 11.1 Å². The summed E-state index contributed by atoms with van der Waals surface area (Å²) in [4.78, 5) is 37.1. The third-order valence-electron chi connectivity index (χ3n) is 8.28. The molecule has 4 aliphatic heterocycles. The Bertz CT molecular complexity index is 1510. The molecule has 0 radical (unpaired) electrons. The fourth-order valence-electron chi connectivity index (χ4n) is 6.08. The number of pyridine rings is 3. The van der Waals surface area contributed by atoms with Gasteiger partial charge in [0, 0.05) is 18.2 Å². The Labute approximate surface area is 227 Å². The molecule has 7 heterocycles. The lowest BCUT2D eigenvalue weighted by Gasteiger charge is -2.55. The van der Waals surface area contributed by atoms with Crippen LogP contribution in [0.5, 0.6) is 11.6 Å². The first-order valence-electron chi connectivity index (χ1n) is 13.1. The van der Waals surface area contributed by atoms with Crippen molar-refractivity contribution in [1.82, 2.24) is 20.3 Å². The van der Waals surface area contributed by atoms with E-state index in [-0.39, 0.29) is 35.0 Å². The Morgan fingerprint density at radius 3 is 2.75 bits per heavy atom. The summed E-state index contributed by atoms with van der Waals surface area (Å²) in [5.41, 5.74) is 0.380. The highest BCUT2D eigenvalue weighted by Gasteiger charge is 2.60. The van der Waals surface area contributed by atoms with Gasteiger partial charge in [-0.15, -0.1) is 0 Å². The number of nitrogens with one attached hydrogen (secondary N) is 2. The maximum absolute atomic E-state index is 15.3. The highest BCUT2D eigenvalue weighted by molar-refractivity contribution is 5.94. The second kappa shape index (κ2) is 9.24. The first-order valence-corrected chi connectivity index (χ1v) is 13.1. The highest BCUT2D eigenvalue weighted by atomic mass is 19.1. The maximum Gasteiger partial charge on any atom is 0.509 e. The molecule has 8 rings (SSSR count). The van der Waals surface area contributed by atoms with E-state index < -0.39 is 29.8 Å². The Kier molecular flexibility index (Phi) is 5.75. The molecule has 2 atom stereocenters. The molecule has 0 spiro atoms. The summed E-state index contributed by atoms with van der Waals surface area (Å²) in [6.07, 6.45) is 0.910. The topological polar surface area (TPSA) is 143 Å². The van der Waals surface area contributed by atoms with E-state index in [9.17, 15) is 9.59 Å². The van der Waals surface area contributed by atoms with Crippen LogP contribution in [0.15, 0.2) is 30.5 Å². The van der Waals surface area contributed by atoms with E-state index in [0.29, 0.717) is 43.1 Å². The van der Waals surface area contributed by atoms with Gasteiger partial charge in [-0.25, -0.2) is 19.2 Å². The molecule has 1 amide bonds. The number of cyclic esters (lactones) is 2. The van der Waals surface area contributed by atoms with Crippen LogP contribution in [0, 0.1) is 5.82 Å². The van der Waals surface area contributed by atoms with Crippen LogP contribution in [0.25, 0.3) is 11.0 Å². The van der Waals surface area contributed by atoms with Crippen LogP contribution >= 0.6 is 0 Å². The summed E-state index contributed by atoms with van der Waals surface area (Å²) in [6, 6.07) is 6.95. The number of ether oxygens (including phenoxy) is 5. The number of carbonyl (C=O) groups is 2. The average Bonchev–Trinajstić information content (AvgIpc) is 3.38. The number of hydrogen-bond donors (Lipinski definition) is 2. The van der Waals surface area contributed by atoms with Crippen LogP contribution in [0.1, 0.15) is 43.0 Å². The van der Waals surface area contributed by atoms with Crippen LogP contribution in [0.4, 0.5) is 15.0 Å². The van der Waals surface area contributed by atoms with Gasteiger partial charge < -0.3 is 34.3 Å². The van der Waals surface area contributed by atoms with Crippen LogP contribution in [0.3, 0.4) is 0 Å². The first kappa shape index (κ1) is 24.9. The van der Waals surface area contributed by atoms with Crippen LogP contribution in [-0.4, -0.2) is 64.6 Å². The van der Waals surface area contributed by atoms with Crippen molar-refractivity contribution < 1.29 is 37.7 Å². The fourth-order valence-corrected chi connectivity index (χ4v) is 6.08. The van der Waals surface area contributed by atoms with E-state index in [1.54, 1.807) is 18.2 Å². The third-order valence-corrected chi connectivity index (χ3v) is 8.28. The first-order chi connectivity index (χ1) is 19.4. The zero-order valence-corrected chi connectivity index (χ0v) is 21.6. The zero-order valence-electron chi connectivity index (χ0n) is 21.6. The molecule has 3 aromatic heterocycles. The lowest BCUT2D eigenvalue weighted by atomic mass is 9.67. The molecule has 3 saturated heterocycles. The van der Waals surface area contributed by atoms with Crippen molar-refractivity contribution in [3.8, 4) is 11.6 Å². The van der Waals surface area contributed by atoms with Crippen molar-refractivity contribution >= 4 is 28.9 Å². The number of fused-ring (bicyclic) bond motifs is 5. The average molecular weight is 552 g/mol. The molecule has 4 fully saturated rings. The number of nitrogens with zero attached hydrogens (tertiary/aromatic N) is 3. The molecule has 0 unspecified atom stereocenters. The van der Waals surface area contributed by atoms with E-state index in [0.717, 1.165) is 24.7 Å². The molecular weight excluding hydrogens is 525 g/mol. The zero-order chi connectivity index (χ0) is 27.5. The van der Waals surface area contributed by atoms with Gasteiger partial charge in [0.25, 0.3) is 5.91 Å². The number of halogens is 1. The number of aromatic nitrogens is 3. The summed E-state index contributed by atoms with van der Waals surface area (Å²) >= 11 is 0. The van der Waals surface area contributed by atoms with Gasteiger partial charge in [-0.1, -0.05) is 0 Å². The summed E-state index contributed by atoms with van der Waals surface area (Å²) in [7, 11) is 1.47. The second-order valence-electron chi connectivity index (χ2n) is 10.5. The van der Waals surface area contributed by atoms with E-state index in [1.165, 1.54) is 7.11 Å². The predicted molar refractivity (Wildman–Crippen MR) is 135 cm³/mol. The predicted octanol–water partition coefficient (Wildman–Crippen LogP) is 2.95. The molecule has 0 aromatic carbocycles. The number of amides is 1. The van der Waals surface area contributed by atoms with Crippen LogP contribution in [0.2, 0.25) is 0 Å². The monoisotopic (exact) mass is 551 g/mol. The third kappa shape index (κ3) is 4.07. The van der Waals surface area contributed by atoms with Crippen molar-refractivity contribution in [2.24, 2.45) is 0 Å². The van der Waals surface area contributed by atoms with Gasteiger partial charge >= 0.3 is 6.16 Å². The minimum absolute atomic E-state index is 0.0224. The number of rotatable bonds is 6. The smallest absolute Gasteiger partial charge is 0.481 e. The van der Waals surface area contributed by atoms with Crippen LogP contribution in [-0.2, 0) is 25.5 Å². The molecule has 13 heteroatoms. The van der Waals surface area contributed by atoms with Gasteiger partial charge in [-0.2, -0.15) is 0 Å². The molecule has 3 aromatic rings. The van der Waals surface area contributed by atoms with Gasteiger partial charge in [0.05, 0.1) is 36.7 Å². The van der Waals surface area contributed by atoms with Gasteiger partial charge in [0.2, 0.25) is 5.88 Å². The summed E-state index contributed by atoms with van der Waals surface area (Å²) in [6.45, 7) is 0.807. The van der Waals surface area contributed by atoms with Crippen molar-refractivity contribution in [3.05, 3.63) is 47.5 Å². The van der Waals surface area contributed by atoms with Gasteiger partial charge in [0.15, 0.2) is 36.2 Å². The molecule has 2 N–H and O–H groups in total. The Hall–Kier alpha value is -4.10. The molecule has 2 bridgehead atoms. The Morgan fingerprint density at radius 1 is 1.12 bits per heavy atom. The molecule has 5 aliphatic rings. The van der Waals surface area contributed by atoms with Gasteiger partial charge in [-0.3, -0.25) is 9.78 Å². The maximum atomic E-state index is 15.3. The van der Waals surface area contributed by atoms with E-state index in [4.69, 9.17) is 23.7 Å². The number of anilines is 1. The molecular formula is C27H26FN5O7. The molecule has 1 aliphatic carbocycles. The molecule has 208 valence electrons. The van der Waals surface area contributed by atoms with Crippen molar-refractivity contribution in [2.75, 3.05) is 25.6 Å². The summed E-state index contributed by atoms with van der Waals surface area (Å²) in [5, 5.41) is 6.32. The standard InChI is InChI=1S/C27H26FN5O7/c1-36-19-5-3-16-21(33-19)20(15(28)11-29-16)22-23(40-25(35)39-22)27-8-6-26(7-9-27,13-38-27)30-10-14-2-4-17-24(31-14)32-18(34)12-37-17/h2-5,11,22-23,30H,6-10,12-13H2,1H3,(H,31,32,34)/t22-,23+,26?,27?/m0/s1. The second-order valence-corrected chi connectivity index (χ2v) is 10.5.